The number of rotatable bonds is 5. The smallest absolute Gasteiger partial charge is 0.170 e. The van der Waals surface area contributed by atoms with Crippen molar-refractivity contribution < 1.29 is 0 Å². The summed E-state index contributed by atoms with van der Waals surface area (Å²) in [5, 5.41) is 15.6. The molecule has 1 N–H and O–H groups in total. The lowest BCUT2D eigenvalue weighted by atomic mass is 10.2. The van der Waals surface area contributed by atoms with E-state index in [-0.39, 0.29) is 0 Å². The van der Waals surface area contributed by atoms with Crippen molar-refractivity contribution in [3.63, 3.8) is 0 Å². The van der Waals surface area contributed by atoms with E-state index in [1.165, 1.54) is 0 Å². The highest BCUT2D eigenvalue weighted by atomic mass is 35.5. The van der Waals surface area contributed by atoms with Crippen LogP contribution in [0.15, 0.2) is 18.2 Å². The average molecular weight is 266 g/mol. The van der Waals surface area contributed by atoms with Gasteiger partial charge in [-0.2, -0.15) is 4.68 Å². The first-order valence-corrected chi connectivity index (χ1v) is 6.34. The fourth-order valence-corrected chi connectivity index (χ4v) is 1.86. The Morgan fingerprint density at radius 3 is 3.00 bits per heavy atom. The SMILES string of the molecule is CCCNCc1nnnn1-c1cc(C)ccc1Cl. The molecular weight excluding hydrogens is 250 g/mol. The normalized spacial score (nSPS) is 10.8. The first kappa shape index (κ1) is 13.0. The Kier molecular flexibility index (Phi) is 4.28. The topological polar surface area (TPSA) is 55.6 Å². The standard InChI is InChI=1S/C12H16ClN5/c1-3-6-14-8-12-15-16-17-18(12)11-7-9(2)4-5-10(11)13/h4-5,7,14H,3,6,8H2,1-2H3. The number of hydrogen-bond donors (Lipinski definition) is 1. The van der Waals surface area contributed by atoms with Crippen LogP contribution in [-0.4, -0.2) is 26.8 Å². The minimum absolute atomic E-state index is 0.630. The van der Waals surface area contributed by atoms with Crippen molar-refractivity contribution in [1.29, 1.82) is 0 Å². The second-order valence-corrected chi connectivity index (χ2v) is 4.55. The Hall–Kier alpha value is -1.46. The Morgan fingerprint density at radius 2 is 2.22 bits per heavy atom. The molecule has 0 radical (unpaired) electrons. The Balaban J connectivity index is 2.27. The lowest BCUT2D eigenvalue weighted by molar-refractivity contribution is 0.633. The summed E-state index contributed by atoms with van der Waals surface area (Å²) in [4.78, 5) is 0. The van der Waals surface area contributed by atoms with Gasteiger partial charge in [0.25, 0.3) is 0 Å². The predicted octanol–water partition coefficient (Wildman–Crippen LogP) is 2.12. The zero-order valence-electron chi connectivity index (χ0n) is 10.5. The van der Waals surface area contributed by atoms with Crippen LogP contribution in [-0.2, 0) is 6.54 Å². The monoisotopic (exact) mass is 265 g/mol. The van der Waals surface area contributed by atoms with Crippen LogP contribution in [0.3, 0.4) is 0 Å². The molecule has 2 aromatic rings. The number of hydrogen-bond acceptors (Lipinski definition) is 4. The third kappa shape index (κ3) is 2.86. The van der Waals surface area contributed by atoms with Crippen LogP contribution in [0.25, 0.3) is 5.69 Å². The molecule has 1 heterocycles. The number of nitrogens with zero attached hydrogens (tertiary/aromatic N) is 4. The van der Waals surface area contributed by atoms with E-state index in [4.69, 9.17) is 11.6 Å². The quantitative estimate of drug-likeness (QED) is 0.842. The molecule has 0 atom stereocenters. The summed E-state index contributed by atoms with van der Waals surface area (Å²) in [6.45, 7) is 5.70. The van der Waals surface area contributed by atoms with E-state index in [1.807, 2.05) is 25.1 Å². The van der Waals surface area contributed by atoms with Gasteiger partial charge in [-0.3, -0.25) is 0 Å². The van der Waals surface area contributed by atoms with Gasteiger partial charge in [0.1, 0.15) is 0 Å². The molecule has 0 saturated carbocycles. The minimum atomic E-state index is 0.630. The van der Waals surface area contributed by atoms with E-state index in [2.05, 4.69) is 27.8 Å². The van der Waals surface area contributed by atoms with Crippen molar-refractivity contribution in [2.24, 2.45) is 0 Å². The van der Waals surface area contributed by atoms with Gasteiger partial charge in [-0.1, -0.05) is 24.6 Å². The fourth-order valence-electron chi connectivity index (χ4n) is 1.67. The van der Waals surface area contributed by atoms with Gasteiger partial charge in [-0.15, -0.1) is 5.10 Å². The molecule has 18 heavy (non-hydrogen) atoms. The van der Waals surface area contributed by atoms with Crippen LogP contribution in [0.4, 0.5) is 0 Å². The van der Waals surface area contributed by atoms with Gasteiger partial charge < -0.3 is 5.32 Å². The first-order valence-electron chi connectivity index (χ1n) is 5.97. The van der Waals surface area contributed by atoms with Gasteiger partial charge in [-0.05, 0) is 48.0 Å². The van der Waals surface area contributed by atoms with E-state index in [9.17, 15) is 0 Å². The molecular formula is C12H16ClN5. The molecule has 0 aliphatic carbocycles. The van der Waals surface area contributed by atoms with Crippen LogP contribution >= 0.6 is 11.6 Å². The van der Waals surface area contributed by atoms with E-state index in [0.29, 0.717) is 11.6 Å². The van der Waals surface area contributed by atoms with Crippen molar-refractivity contribution in [2.75, 3.05) is 6.54 Å². The molecule has 0 aliphatic heterocycles. The summed E-state index contributed by atoms with van der Waals surface area (Å²) in [5.74, 6) is 0.760. The Labute approximate surface area is 111 Å². The van der Waals surface area contributed by atoms with E-state index < -0.39 is 0 Å². The maximum absolute atomic E-state index is 6.18. The van der Waals surface area contributed by atoms with Crippen LogP contribution < -0.4 is 5.32 Å². The number of benzene rings is 1. The minimum Gasteiger partial charge on any atom is -0.310 e. The van der Waals surface area contributed by atoms with Crippen LogP contribution in [0, 0.1) is 6.92 Å². The molecule has 0 amide bonds. The van der Waals surface area contributed by atoms with Crippen molar-refractivity contribution in [1.82, 2.24) is 25.5 Å². The molecule has 6 heteroatoms. The number of aryl methyl sites for hydroxylation is 1. The molecule has 2 rings (SSSR count). The van der Waals surface area contributed by atoms with E-state index in [1.54, 1.807) is 4.68 Å². The summed E-state index contributed by atoms with van der Waals surface area (Å²) < 4.78 is 1.68. The maximum atomic E-state index is 6.18. The van der Waals surface area contributed by atoms with Crippen molar-refractivity contribution in [3.05, 3.63) is 34.6 Å². The molecule has 5 nitrogen and oxygen atoms in total. The summed E-state index contributed by atoms with van der Waals surface area (Å²) >= 11 is 6.18. The summed E-state index contributed by atoms with van der Waals surface area (Å²) in [7, 11) is 0. The molecule has 96 valence electrons. The lowest BCUT2D eigenvalue weighted by Crippen LogP contribution is -2.17. The number of halogens is 1. The van der Waals surface area contributed by atoms with E-state index >= 15 is 0 Å². The van der Waals surface area contributed by atoms with Gasteiger partial charge in [0.2, 0.25) is 0 Å². The Morgan fingerprint density at radius 1 is 1.39 bits per heavy atom. The molecule has 0 aliphatic rings. The zero-order chi connectivity index (χ0) is 13.0. The van der Waals surface area contributed by atoms with Gasteiger partial charge in [-0.25, -0.2) is 0 Å². The van der Waals surface area contributed by atoms with Gasteiger partial charge >= 0.3 is 0 Å². The molecule has 0 unspecified atom stereocenters. The zero-order valence-corrected chi connectivity index (χ0v) is 11.3. The highest BCUT2D eigenvalue weighted by molar-refractivity contribution is 6.32. The maximum Gasteiger partial charge on any atom is 0.170 e. The largest absolute Gasteiger partial charge is 0.310 e. The van der Waals surface area contributed by atoms with Crippen LogP contribution in [0.5, 0.6) is 0 Å². The van der Waals surface area contributed by atoms with Crippen molar-refractivity contribution in [2.45, 2.75) is 26.8 Å². The first-order chi connectivity index (χ1) is 8.72. The van der Waals surface area contributed by atoms with Gasteiger partial charge in [0, 0.05) is 0 Å². The highest BCUT2D eigenvalue weighted by Gasteiger charge is 2.10. The fraction of sp³-hybridized carbons (Fsp3) is 0.417. The molecule has 0 fully saturated rings. The molecule has 1 aromatic carbocycles. The third-order valence-corrected chi connectivity index (χ3v) is 2.89. The summed E-state index contributed by atoms with van der Waals surface area (Å²) in [6.07, 6.45) is 1.08. The van der Waals surface area contributed by atoms with Crippen LogP contribution in [0.2, 0.25) is 5.02 Å². The van der Waals surface area contributed by atoms with Crippen molar-refractivity contribution >= 4 is 11.6 Å². The summed E-state index contributed by atoms with van der Waals surface area (Å²) in [5.41, 5.74) is 1.94. The number of nitrogens with one attached hydrogen (secondary N) is 1. The Bertz CT molecular complexity index is 523. The second-order valence-electron chi connectivity index (χ2n) is 4.14. The molecule has 0 saturated heterocycles. The lowest BCUT2D eigenvalue weighted by Gasteiger charge is -2.08. The average Bonchev–Trinajstić information content (AvgIpc) is 2.81. The van der Waals surface area contributed by atoms with E-state index in [0.717, 1.165) is 30.0 Å². The van der Waals surface area contributed by atoms with Crippen molar-refractivity contribution in [3.8, 4) is 5.69 Å². The second kappa shape index (κ2) is 5.93. The van der Waals surface area contributed by atoms with Gasteiger partial charge in [0.15, 0.2) is 5.82 Å². The molecule has 0 spiro atoms. The highest BCUT2D eigenvalue weighted by Crippen LogP contribution is 2.21. The molecule has 1 aromatic heterocycles. The predicted molar refractivity (Wildman–Crippen MR) is 70.9 cm³/mol. The third-order valence-electron chi connectivity index (χ3n) is 2.57. The molecule has 0 bridgehead atoms. The summed E-state index contributed by atoms with van der Waals surface area (Å²) in [6, 6.07) is 5.80. The number of aromatic nitrogens is 4. The van der Waals surface area contributed by atoms with Gasteiger partial charge in [0.05, 0.1) is 17.3 Å². The van der Waals surface area contributed by atoms with Crippen LogP contribution in [0.1, 0.15) is 24.7 Å². The number of tetrazole rings is 1.